The largest absolute Gasteiger partial charge is 0.369 e. The molecular weight excluding hydrogens is 400 g/mol. The molecule has 4 rings (SSSR count). The van der Waals surface area contributed by atoms with Crippen LogP contribution in [-0.4, -0.2) is 47.0 Å². The van der Waals surface area contributed by atoms with Crippen LogP contribution in [0, 0.1) is 0 Å². The third-order valence-corrected chi connectivity index (χ3v) is 6.57. The van der Waals surface area contributed by atoms with Gasteiger partial charge in [0.1, 0.15) is 6.10 Å². The van der Waals surface area contributed by atoms with E-state index in [1.807, 2.05) is 36.4 Å². The van der Waals surface area contributed by atoms with Crippen molar-refractivity contribution in [3.63, 3.8) is 0 Å². The van der Waals surface area contributed by atoms with Crippen LogP contribution in [0.15, 0.2) is 60.1 Å². The van der Waals surface area contributed by atoms with Gasteiger partial charge in [0.2, 0.25) is 0 Å². The Kier molecular flexibility index (Phi) is 5.20. The molecule has 0 spiro atoms. The van der Waals surface area contributed by atoms with Gasteiger partial charge >= 0.3 is 0 Å². The highest BCUT2D eigenvalue weighted by Crippen LogP contribution is 2.27. The predicted molar refractivity (Wildman–Crippen MR) is 105 cm³/mol. The lowest BCUT2D eigenvalue weighted by atomic mass is 10.1. The van der Waals surface area contributed by atoms with Gasteiger partial charge in [0.05, 0.1) is 18.6 Å². The Morgan fingerprint density at radius 1 is 1.18 bits per heavy atom. The zero-order valence-electron chi connectivity index (χ0n) is 15.2. The fourth-order valence-electron chi connectivity index (χ4n) is 3.11. The number of hydrogen-bond donors (Lipinski definition) is 0. The van der Waals surface area contributed by atoms with Gasteiger partial charge in [-0.05, 0) is 23.8 Å². The average Bonchev–Trinajstić information content (AvgIpc) is 3.15. The van der Waals surface area contributed by atoms with Crippen LogP contribution in [0.4, 0.5) is 0 Å². The van der Waals surface area contributed by atoms with Gasteiger partial charge in [0, 0.05) is 43.1 Å². The van der Waals surface area contributed by atoms with E-state index in [4.69, 9.17) is 16.3 Å². The number of rotatable bonds is 4. The van der Waals surface area contributed by atoms with E-state index >= 15 is 0 Å². The number of aryl methyl sites for hydroxylation is 1. The average molecular weight is 419 g/mol. The second kappa shape index (κ2) is 7.63. The van der Waals surface area contributed by atoms with Gasteiger partial charge in [-0.1, -0.05) is 29.8 Å². The summed E-state index contributed by atoms with van der Waals surface area (Å²) in [7, 11) is -1.92. The summed E-state index contributed by atoms with van der Waals surface area (Å²) in [6.45, 7) is 0.785. The molecule has 3 aromatic rings. The molecule has 0 N–H and O–H groups in total. The third-order valence-electron chi connectivity index (χ3n) is 4.59. The molecule has 1 fully saturated rings. The maximum atomic E-state index is 12.8. The molecule has 1 aromatic carbocycles. The first-order valence-corrected chi connectivity index (χ1v) is 10.6. The Bertz CT molecular complexity index is 1080. The van der Waals surface area contributed by atoms with E-state index in [2.05, 4.69) is 9.97 Å². The van der Waals surface area contributed by atoms with E-state index in [-0.39, 0.29) is 18.1 Å². The Labute approximate surface area is 168 Å². The molecule has 0 saturated carbocycles. The number of halogens is 1. The number of nitrogens with zero attached hydrogens (tertiary/aromatic N) is 4. The van der Waals surface area contributed by atoms with E-state index in [1.54, 1.807) is 17.8 Å². The normalized spacial score (nSPS) is 18.3. The molecule has 1 aliphatic rings. The van der Waals surface area contributed by atoms with E-state index < -0.39 is 16.1 Å². The molecule has 28 heavy (non-hydrogen) atoms. The molecule has 0 unspecified atom stereocenters. The Morgan fingerprint density at radius 2 is 2.04 bits per heavy atom. The van der Waals surface area contributed by atoms with Crippen LogP contribution in [0.3, 0.4) is 0 Å². The van der Waals surface area contributed by atoms with Gasteiger partial charge in [0.15, 0.2) is 5.03 Å². The summed E-state index contributed by atoms with van der Waals surface area (Å²) in [5.74, 6) is 0. The summed E-state index contributed by atoms with van der Waals surface area (Å²) in [6, 6.07) is 11.3. The Hall–Kier alpha value is -2.26. The monoisotopic (exact) mass is 418 g/mol. The number of ether oxygens (including phenoxy) is 1. The molecular formula is C19H19ClN4O3S. The minimum absolute atomic E-state index is 0.0416. The van der Waals surface area contributed by atoms with Crippen molar-refractivity contribution in [3.8, 4) is 11.1 Å². The van der Waals surface area contributed by atoms with Gasteiger partial charge in [0.25, 0.3) is 10.0 Å². The second-order valence-electron chi connectivity index (χ2n) is 6.58. The zero-order valence-corrected chi connectivity index (χ0v) is 16.8. The van der Waals surface area contributed by atoms with Gasteiger partial charge in [-0.25, -0.2) is 13.4 Å². The van der Waals surface area contributed by atoms with Crippen LogP contribution in [0.1, 0.15) is 11.8 Å². The number of hydrogen-bond acceptors (Lipinski definition) is 5. The van der Waals surface area contributed by atoms with E-state index in [9.17, 15) is 8.42 Å². The highest BCUT2D eigenvalue weighted by molar-refractivity contribution is 7.89. The number of aromatic nitrogens is 3. The van der Waals surface area contributed by atoms with Crippen molar-refractivity contribution in [2.24, 2.45) is 7.05 Å². The molecule has 9 heteroatoms. The first-order valence-electron chi connectivity index (χ1n) is 8.75. The summed E-state index contributed by atoms with van der Waals surface area (Å²) >= 11 is 6.05. The number of pyridine rings is 1. The topological polar surface area (TPSA) is 77.3 Å². The SMILES string of the molecule is Cn1cnc(S(=O)(=O)N2CCO[C@@H](c3ccc(-c4cccc(Cl)c4)cn3)C2)c1. The first kappa shape index (κ1) is 19.1. The van der Waals surface area contributed by atoms with Crippen LogP contribution in [0.25, 0.3) is 11.1 Å². The van der Waals surface area contributed by atoms with E-state index in [1.165, 1.54) is 16.8 Å². The maximum Gasteiger partial charge on any atom is 0.262 e. The van der Waals surface area contributed by atoms with Crippen molar-refractivity contribution >= 4 is 21.6 Å². The molecule has 1 atom stereocenters. The zero-order chi connectivity index (χ0) is 19.7. The van der Waals surface area contributed by atoms with Gasteiger partial charge in [-0.15, -0.1) is 0 Å². The summed E-state index contributed by atoms with van der Waals surface area (Å²) < 4.78 is 34.4. The van der Waals surface area contributed by atoms with Crippen LogP contribution in [0.2, 0.25) is 5.02 Å². The highest BCUT2D eigenvalue weighted by atomic mass is 35.5. The molecule has 2 aromatic heterocycles. The quantitative estimate of drug-likeness (QED) is 0.651. The Morgan fingerprint density at radius 3 is 2.71 bits per heavy atom. The maximum absolute atomic E-state index is 12.8. The molecule has 7 nitrogen and oxygen atoms in total. The third kappa shape index (κ3) is 3.81. The smallest absolute Gasteiger partial charge is 0.262 e. The lowest BCUT2D eigenvalue weighted by Gasteiger charge is -2.31. The van der Waals surface area contributed by atoms with Crippen molar-refractivity contribution < 1.29 is 13.2 Å². The molecule has 1 saturated heterocycles. The molecule has 146 valence electrons. The van der Waals surface area contributed by atoms with Crippen molar-refractivity contribution in [3.05, 3.63) is 65.8 Å². The predicted octanol–water partition coefficient (Wildman–Crippen LogP) is 2.90. The molecule has 0 aliphatic carbocycles. The Balaban J connectivity index is 1.53. The fraction of sp³-hybridized carbons (Fsp3) is 0.263. The summed E-state index contributed by atoms with van der Waals surface area (Å²) in [6.07, 6.45) is 4.29. The second-order valence-corrected chi connectivity index (χ2v) is 8.90. The number of sulfonamides is 1. The van der Waals surface area contributed by atoms with Crippen LogP contribution < -0.4 is 0 Å². The number of imidazole rings is 1. The van der Waals surface area contributed by atoms with Gasteiger partial charge < -0.3 is 9.30 Å². The first-order chi connectivity index (χ1) is 13.4. The molecule has 1 aliphatic heterocycles. The molecule has 3 heterocycles. The van der Waals surface area contributed by atoms with Crippen LogP contribution >= 0.6 is 11.6 Å². The van der Waals surface area contributed by atoms with E-state index in [0.29, 0.717) is 17.3 Å². The van der Waals surface area contributed by atoms with Crippen molar-refractivity contribution in [2.45, 2.75) is 11.1 Å². The van der Waals surface area contributed by atoms with E-state index in [0.717, 1.165) is 11.1 Å². The van der Waals surface area contributed by atoms with Crippen molar-refractivity contribution in [2.75, 3.05) is 19.7 Å². The highest BCUT2D eigenvalue weighted by Gasteiger charge is 2.33. The number of benzene rings is 1. The lowest BCUT2D eigenvalue weighted by molar-refractivity contribution is -0.00498. The molecule has 0 bridgehead atoms. The summed E-state index contributed by atoms with van der Waals surface area (Å²) in [5.41, 5.74) is 2.59. The minimum atomic E-state index is -3.66. The standard InChI is InChI=1S/C19H19ClN4O3S/c1-23-12-19(22-13-23)28(25,26)24-7-8-27-18(11-24)17-6-5-15(10-21-17)14-3-2-4-16(20)9-14/h2-6,9-10,12-13,18H,7-8,11H2,1H3/t18-/m1/s1. The fourth-order valence-corrected chi connectivity index (χ4v) is 4.69. The number of morpholine rings is 1. The molecule has 0 radical (unpaired) electrons. The van der Waals surface area contributed by atoms with Crippen molar-refractivity contribution in [1.29, 1.82) is 0 Å². The lowest BCUT2D eigenvalue weighted by Crippen LogP contribution is -2.42. The molecule has 0 amide bonds. The van der Waals surface area contributed by atoms with Gasteiger partial charge in [-0.3, -0.25) is 4.98 Å². The summed E-state index contributed by atoms with van der Waals surface area (Å²) in [5, 5.41) is 0.701. The summed E-state index contributed by atoms with van der Waals surface area (Å²) in [4.78, 5) is 8.47. The van der Waals surface area contributed by atoms with Crippen molar-refractivity contribution in [1.82, 2.24) is 18.8 Å². The van der Waals surface area contributed by atoms with Gasteiger partial charge in [-0.2, -0.15) is 4.31 Å². The minimum Gasteiger partial charge on any atom is -0.369 e. The van der Waals surface area contributed by atoms with Crippen LogP contribution in [-0.2, 0) is 21.8 Å². The van der Waals surface area contributed by atoms with Crippen LogP contribution in [0.5, 0.6) is 0 Å².